The minimum absolute atomic E-state index is 0.0550. The van der Waals surface area contributed by atoms with E-state index in [4.69, 9.17) is 28.3 Å². The summed E-state index contributed by atoms with van der Waals surface area (Å²) in [6, 6.07) is 2.76. The van der Waals surface area contributed by atoms with Gasteiger partial charge in [0.25, 0.3) is 0 Å². The number of β-amino-alcohol motifs (C(OH)–C–C–N with tert-alkyl or cyclic N) is 1. The maximum Gasteiger partial charge on any atom is 0.322 e. The Hall–Kier alpha value is -0.860. The molecule has 6 nitrogen and oxygen atoms in total. The van der Waals surface area contributed by atoms with Crippen molar-refractivity contribution in [2.24, 2.45) is 0 Å². The van der Waals surface area contributed by atoms with Crippen LogP contribution in [0.3, 0.4) is 0 Å². The number of benzene rings is 1. The van der Waals surface area contributed by atoms with Crippen LogP contribution in [0, 0.1) is 0 Å². The molecular weight excluding hydrogens is 329 g/mol. The molecule has 9 heteroatoms. The highest BCUT2D eigenvalue weighted by Crippen LogP contribution is 2.34. The lowest BCUT2D eigenvalue weighted by Gasteiger charge is -2.21. The summed E-state index contributed by atoms with van der Waals surface area (Å²) < 4.78 is 25.7. The number of carbonyl (C=O) groups is 1. The maximum absolute atomic E-state index is 12.5. The van der Waals surface area contributed by atoms with Crippen molar-refractivity contribution in [3.8, 4) is 0 Å². The first-order valence-electron chi connectivity index (χ1n) is 5.62. The number of aliphatic hydroxyl groups excluding tert-OH is 1. The lowest BCUT2D eigenvalue weighted by Crippen LogP contribution is -2.40. The number of aliphatic carboxylic acids is 1. The molecule has 1 fully saturated rings. The van der Waals surface area contributed by atoms with Crippen LogP contribution in [0.25, 0.3) is 0 Å². The fourth-order valence-electron chi connectivity index (χ4n) is 2.08. The number of hydrogen-bond acceptors (Lipinski definition) is 4. The lowest BCUT2D eigenvalue weighted by molar-refractivity contribution is -0.140. The summed E-state index contributed by atoms with van der Waals surface area (Å²) in [6.45, 7) is -0.290. The SMILES string of the molecule is O=C(O)[C@@H]1CC(O)CN1S(=O)(=O)c1cccc(Cl)c1Cl. The van der Waals surface area contributed by atoms with Crippen molar-refractivity contribution in [1.82, 2.24) is 4.31 Å². The van der Waals surface area contributed by atoms with Gasteiger partial charge in [0, 0.05) is 13.0 Å². The van der Waals surface area contributed by atoms with Gasteiger partial charge in [-0.3, -0.25) is 4.79 Å². The molecule has 0 aromatic heterocycles. The van der Waals surface area contributed by atoms with E-state index in [0.29, 0.717) is 0 Å². The van der Waals surface area contributed by atoms with Crippen LogP contribution in [0.5, 0.6) is 0 Å². The predicted molar refractivity (Wildman–Crippen MR) is 72.4 cm³/mol. The van der Waals surface area contributed by atoms with Gasteiger partial charge in [-0.05, 0) is 12.1 Å². The third-order valence-corrected chi connectivity index (χ3v) is 5.87. The molecule has 1 aliphatic heterocycles. The summed E-state index contributed by atoms with van der Waals surface area (Å²) in [4.78, 5) is 10.8. The number of sulfonamides is 1. The highest BCUT2D eigenvalue weighted by atomic mass is 35.5. The van der Waals surface area contributed by atoms with Gasteiger partial charge in [0.05, 0.1) is 16.1 Å². The first-order chi connectivity index (χ1) is 9.25. The average molecular weight is 340 g/mol. The van der Waals surface area contributed by atoms with Crippen molar-refractivity contribution in [2.75, 3.05) is 6.54 Å². The van der Waals surface area contributed by atoms with Crippen molar-refractivity contribution < 1.29 is 23.4 Å². The van der Waals surface area contributed by atoms with E-state index in [2.05, 4.69) is 0 Å². The van der Waals surface area contributed by atoms with Crippen molar-refractivity contribution in [3.05, 3.63) is 28.2 Å². The van der Waals surface area contributed by atoms with Crippen molar-refractivity contribution in [1.29, 1.82) is 0 Å². The summed E-state index contributed by atoms with van der Waals surface area (Å²) in [7, 11) is -4.14. The van der Waals surface area contributed by atoms with Gasteiger partial charge in [-0.25, -0.2) is 8.42 Å². The van der Waals surface area contributed by atoms with E-state index < -0.39 is 28.1 Å². The van der Waals surface area contributed by atoms with E-state index in [-0.39, 0.29) is 27.9 Å². The van der Waals surface area contributed by atoms with Gasteiger partial charge in [0.1, 0.15) is 10.9 Å². The van der Waals surface area contributed by atoms with Crippen LogP contribution in [0.1, 0.15) is 6.42 Å². The second-order valence-electron chi connectivity index (χ2n) is 4.37. The lowest BCUT2D eigenvalue weighted by atomic mass is 10.2. The zero-order valence-electron chi connectivity index (χ0n) is 10.0. The monoisotopic (exact) mass is 339 g/mol. The number of halogens is 2. The van der Waals surface area contributed by atoms with Gasteiger partial charge >= 0.3 is 5.97 Å². The largest absolute Gasteiger partial charge is 0.480 e. The summed E-state index contributed by atoms with van der Waals surface area (Å²) in [5.74, 6) is -1.32. The Morgan fingerprint density at radius 3 is 2.60 bits per heavy atom. The van der Waals surface area contributed by atoms with Crippen LogP contribution in [0.2, 0.25) is 10.0 Å². The average Bonchev–Trinajstić information content (AvgIpc) is 2.75. The molecule has 0 amide bonds. The third kappa shape index (κ3) is 2.64. The first kappa shape index (κ1) is 15.5. The molecule has 1 saturated heterocycles. The van der Waals surface area contributed by atoms with Crippen LogP contribution in [-0.4, -0.2) is 47.6 Å². The number of carboxylic acids is 1. The number of aliphatic hydroxyl groups is 1. The topological polar surface area (TPSA) is 94.9 Å². The first-order valence-corrected chi connectivity index (χ1v) is 7.81. The van der Waals surface area contributed by atoms with Crippen LogP contribution in [0.15, 0.2) is 23.1 Å². The van der Waals surface area contributed by atoms with E-state index in [1.807, 2.05) is 0 Å². The van der Waals surface area contributed by atoms with E-state index >= 15 is 0 Å². The molecule has 2 atom stereocenters. The number of rotatable bonds is 3. The second-order valence-corrected chi connectivity index (χ2v) is 7.01. The normalized spacial score (nSPS) is 23.9. The van der Waals surface area contributed by atoms with Crippen LogP contribution in [0.4, 0.5) is 0 Å². The van der Waals surface area contributed by atoms with Gasteiger partial charge in [-0.15, -0.1) is 0 Å². The molecule has 0 radical (unpaired) electrons. The fraction of sp³-hybridized carbons (Fsp3) is 0.364. The molecule has 1 aromatic rings. The summed E-state index contributed by atoms with van der Waals surface area (Å²) in [5, 5.41) is 18.5. The Morgan fingerprint density at radius 2 is 2.00 bits per heavy atom. The van der Waals surface area contributed by atoms with E-state index in [1.165, 1.54) is 18.2 Å². The van der Waals surface area contributed by atoms with Gasteiger partial charge in [-0.2, -0.15) is 4.31 Å². The fourth-order valence-corrected chi connectivity index (χ4v) is 4.45. The molecule has 0 bridgehead atoms. The molecule has 1 unspecified atom stereocenters. The minimum atomic E-state index is -4.14. The number of hydrogen-bond donors (Lipinski definition) is 2. The number of carboxylic acid groups (broad SMARTS) is 1. The molecule has 20 heavy (non-hydrogen) atoms. The predicted octanol–water partition coefficient (Wildman–Crippen LogP) is 1.20. The maximum atomic E-state index is 12.5. The van der Waals surface area contributed by atoms with Crippen molar-refractivity contribution >= 4 is 39.2 Å². The van der Waals surface area contributed by atoms with Gasteiger partial charge in [-0.1, -0.05) is 29.3 Å². The quantitative estimate of drug-likeness (QED) is 0.862. The van der Waals surface area contributed by atoms with E-state index in [1.54, 1.807) is 0 Å². The molecule has 1 aliphatic rings. The Morgan fingerprint density at radius 1 is 1.35 bits per heavy atom. The standard InChI is InChI=1S/C11H11Cl2NO5S/c12-7-2-1-3-9(10(7)13)20(18,19)14-5-6(15)4-8(14)11(16)17/h1-3,6,8,15H,4-5H2,(H,16,17)/t6?,8-/m0/s1. The molecule has 0 aliphatic carbocycles. The van der Waals surface area contributed by atoms with Crippen LogP contribution >= 0.6 is 23.2 Å². The highest BCUT2D eigenvalue weighted by Gasteiger charge is 2.44. The van der Waals surface area contributed by atoms with E-state index in [9.17, 15) is 18.3 Å². The Kier molecular flexibility index (Phi) is 4.27. The zero-order valence-corrected chi connectivity index (χ0v) is 12.4. The smallest absolute Gasteiger partial charge is 0.322 e. The molecule has 1 aromatic carbocycles. The Balaban J connectivity index is 2.49. The zero-order chi connectivity index (χ0) is 15.1. The van der Waals surface area contributed by atoms with Crippen LogP contribution in [-0.2, 0) is 14.8 Å². The van der Waals surface area contributed by atoms with Gasteiger partial charge in [0.2, 0.25) is 10.0 Å². The highest BCUT2D eigenvalue weighted by molar-refractivity contribution is 7.89. The summed E-state index contributed by atoms with van der Waals surface area (Å²) in [6.07, 6.45) is -1.18. The Bertz CT molecular complexity index is 648. The minimum Gasteiger partial charge on any atom is -0.480 e. The van der Waals surface area contributed by atoms with Gasteiger partial charge in [0.15, 0.2) is 0 Å². The van der Waals surface area contributed by atoms with E-state index in [0.717, 1.165) is 4.31 Å². The van der Waals surface area contributed by atoms with Gasteiger partial charge < -0.3 is 10.2 Å². The molecule has 0 spiro atoms. The van der Waals surface area contributed by atoms with Crippen molar-refractivity contribution in [2.45, 2.75) is 23.5 Å². The molecule has 0 saturated carbocycles. The molecule has 110 valence electrons. The third-order valence-electron chi connectivity index (χ3n) is 3.02. The molecular formula is C11H11Cl2NO5S. The molecule has 2 N–H and O–H groups in total. The summed E-state index contributed by atoms with van der Waals surface area (Å²) >= 11 is 11.6. The second kappa shape index (κ2) is 5.50. The van der Waals surface area contributed by atoms with Crippen LogP contribution < -0.4 is 0 Å². The molecule has 2 rings (SSSR count). The summed E-state index contributed by atoms with van der Waals surface area (Å²) in [5.41, 5.74) is 0. The Labute approximate surface area is 125 Å². The number of nitrogens with zero attached hydrogens (tertiary/aromatic N) is 1. The molecule has 1 heterocycles. The van der Waals surface area contributed by atoms with Crippen molar-refractivity contribution in [3.63, 3.8) is 0 Å².